The van der Waals surface area contributed by atoms with Gasteiger partial charge in [-0.2, -0.15) is 4.80 Å². The molecule has 0 radical (unpaired) electrons. The van der Waals surface area contributed by atoms with Crippen LogP contribution in [0.4, 0.5) is 0 Å². The van der Waals surface area contributed by atoms with E-state index in [4.69, 9.17) is 0 Å². The third-order valence-corrected chi connectivity index (χ3v) is 2.57. The van der Waals surface area contributed by atoms with Crippen molar-refractivity contribution < 1.29 is 5.11 Å². The van der Waals surface area contributed by atoms with Crippen LogP contribution in [-0.2, 0) is 0 Å². The lowest BCUT2D eigenvalue weighted by Gasteiger charge is -2.17. The van der Waals surface area contributed by atoms with E-state index in [0.717, 1.165) is 12.8 Å². The maximum absolute atomic E-state index is 9.61. The van der Waals surface area contributed by atoms with Gasteiger partial charge in [-0.1, -0.05) is 32.6 Å². The summed E-state index contributed by atoms with van der Waals surface area (Å²) in [5, 5.41) is 21.1. The lowest BCUT2D eigenvalue weighted by atomic mass is 10.0. The maximum Gasteiger partial charge on any atom is 0.162 e. The molecule has 0 spiro atoms. The van der Waals surface area contributed by atoms with Crippen LogP contribution < -0.4 is 0 Å². The highest BCUT2D eigenvalue weighted by atomic mass is 16.3. The minimum atomic E-state index is -0.430. The molecule has 0 fully saturated rings. The van der Waals surface area contributed by atoms with E-state index in [0.29, 0.717) is 0 Å². The Bertz CT molecular complexity index is 248. The van der Waals surface area contributed by atoms with E-state index in [9.17, 15) is 5.11 Å². The molecule has 0 aromatic carbocycles. The van der Waals surface area contributed by atoms with Crippen LogP contribution in [-0.4, -0.2) is 31.4 Å². The van der Waals surface area contributed by atoms with Crippen LogP contribution in [0.25, 0.3) is 0 Å². The summed E-state index contributed by atoms with van der Waals surface area (Å²) in [4.78, 5) is 1.51. The molecule has 0 aliphatic heterocycles. The zero-order chi connectivity index (χ0) is 11.1. The summed E-state index contributed by atoms with van der Waals surface area (Å²) in [6.07, 6.45) is 6.66. The Kier molecular flexibility index (Phi) is 5.25. The highest BCUT2D eigenvalue weighted by Crippen LogP contribution is 2.17. The first kappa shape index (κ1) is 12.1. The van der Waals surface area contributed by atoms with Gasteiger partial charge < -0.3 is 5.11 Å². The predicted octanol–water partition coefficient (Wildman–Crippen LogP) is 1.57. The number of nitrogens with zero attached hydrogens (tertiary/aromatic N) is 4. The van der Waals surface area contributed by atoms with Crippen LogP contribution in [0, 0.1) is 0 Å². The lowest BCUT2D eigenvalue weighted by Crippen LogP contribution is -2.23. The van der Waals surface area contributed by atoms with Crippen LogP contribution in [0.1, 0.15) is 52.0 Å². The first-order valence-electron chi connectivity index (χ1n) is 5.66. The van der Waals surface area contributed by atoms with Gasteiger partial charge in [-0.05, 0) is 18.6 Å². The zero-order valence-corrected chi connectivity index (χ0v) is 9.50. The van der Waals surface area contributed by atoms with E-state index in [-0.39, 0.29) is 6.04 Å². The van der Waals surface area contributed by atoms with Crippen molar-refractivity contribution in [2.75, 3.05) is 0 Å². The molecule has 2 atom stereocenters. The van der Waals surface area contributed by atoms with Crippen molar-refractivity contribution in [2.24, 2.45) is 0 Å². The van der Waals surface area contributed by atoms with Gasteiger partial charge in [-0.3, -0.25) is 0 Å². The zero-order valence-electron chi connectivity index (χ0n) is 9.50. The Morgan fingerprint density at radius 3 is 2.67 bits per heavy atom. The molecule has 0 aliphatic rings. The Morgan fingerprint density at radius 1 is 1.33 bits per heavy atom. The molecule has 1 rings (SSSR count). The van der Waals surface area contributed by atoms with E-state index in [2.05, 4.69) is 22.3 Å². The van der Waals surface area contributed by atoms with Gasteiger partial charge in [0.25, 0.3) is 0 Å². The van der Waals surface area contributed by atoms with Gasteiger partial charge in [0.1, 0.15) is 0 Å². The molecule has 1 aromatic heterocycles. The molecule has 0 amide bonds. The average molecular weight is 212 g/mol. The Morgan fingerprint density at radius 2 is 2.13 bits per heavy atom. The molecule has 0 saturated heterocycles. The quantitative estimate of drug-likeness (QED) is 0.697. The number of hydrogen-bond acceptors (Lipinski definition) is 4. The summed E-state index contributed by atoms with van der Waals surface area (Å²) in [7, 11) is 0. The maximum atomic E-state index is 9.61. The van der Waals surface area contributed by atoms with Gasteiger partial charge in [0.2, 0.25) is 0 Å². The molecule has 0 aliphatic carbocycles. The van der Waals surface area contributed by atoms with Crippen molar-refractivity contribution in [3.8, 4) is 0 Å². The van der Waals surface area contributed by atoms with Crippen molar-refractivity contribution in [1.82, 2.24) is 20.2 Å². The molecule has 1 heterocycles. The highest BCUT2D eigenvalue weighted by molar-refractivity contribution is 4.67. The van der Waals surface area contributed by atoms with E-state index in [1.807, 2.05) is 0 Å². The number of rotatable bonds is 7. The minimum Gasteiger partial charge on any atom is -0.391 e. The Balaban J connectivity index is 2.39. The monoisotopic (exact) mass is 212 g/mol. The highest BCUT2D eigenvalue weighted by Gasteiger charge is 2.18. The summed E-state index contributed by atoms with van der Waals surface area (Å²) >= 11 is 0. The third-order valence-electron chi connectivity index (χ3n) is 2.57. The van der Waals surface area contributed by atoms with Gasteiger partial charge in [0.05, 0.1) is 12.1 Å². The summed E-state index contributed by atoms with van der Waals surface area (Å²) < 4.78 is 0. The second-order valence-electron chi connectivity index (χ2n) is 3.91. The van der Waals surface area contributed by atoms with Crippen LogP contribution in [0.2, 0.25) is 0 Å². The molecule has 5 nitrogen and oxygen atoms in total. The smallest absolute Gasteiger partial charge is 0.162 e. The first-order valence-corrected chi connectivity index (χ1v) is 5.66. The summed E-state index contributed by atoms with van der Waals surface area (Å²) in [6, 6.07) is -0.0376. The molecule has 5 heteroatoms. The van der Waals surface area contributed by atoms with Gasteiger partial charge in [-0.15, -0.1) is 10.2 Å². The van der Waals surface area contributed by atoms with Crippen LogP contribution in [0.5, 0.6) is 0 Å². The second kappa shape index (κ2) is 6.50. The van der Waals surface area contributed by atoms with Crippen LogP contribution in [0.15, 0.2) is 6.33 Å². The minimum absolute atomic E-state index is 0.0376. The van der Waals surface area contributed by atoms with E-state index in [1.54, 1.807) is 6.92 Å². The van der Waals surface area contributed by atoms with Crippen molar-refractivity contribution in [1.29, 1.82) is 0 Å². The number of aliphatic hydroxyl groups is 1. The number of tetrazole rings is 1. The number of aromatic nitrogens is 4. The van der Waals surface area contributed by atoms with Crippen molar-refractivity contribution >= 4 is 0 Å². The van der Waals surface area contributed by atoms with E-state index in [1.165, 1.54) is 30.4 Å². The predicted molar refractivity (Wildman–Crippen MR) is 57.3 cm³/mol. The van der Waals surface area contributed by atoms with Crippen molar-refractivity contribution in [3.63, 3.8) is 0 Å². The molecule has 86 valence electrons. The molecule has 0 saturated carbocycles. The van der Waals surface area contributed by atoms with Crippen molar-refractivity contribution in [3.05, 3.63) is 6.33 Å². The van der Waals surface area contributed by atoms with Crippen LogP contribution >= 0.6 is 0 Å². The largest absolute Gasteiger partial charge is 0.391 e. The molecular weight excluding hydrogens is 192 g/mol. The lowest BCUT2D eigenvalue weighted by molar-refractivity contribution is 0.106. The summed E-state index contributed by atoms with van der Waals surface area (Å²) in [5.41, 5.74) is 0. The molecule has 0 bridgehead atoms. The summed E-state index contributed by atoms with van der Waals surface area (Å²) in [6.45, 7) is 3.96. The normalized spacial score (nSPS) is 15.1. The standard InChI is InChI=1S/C10H20N4O/c1-3-4-5-6-7-10(9(2)15)14-12-8-11-13-14/h8-10,15H,3-7H2,1-2H3/t9-,10-/m0/s1. The van der Waals surface area contributed by atoms with Gasteiger partial charge in [0, 0.05) is 0 Å². The molecule has 1 aromatic rings. The number of aliphatic hydroxyl groups excluding tert-OH is 1. The number of unbranched alkanes of at least 4 members (excludes halogenated alkanes) is 3. The number of hydrogen-bond donors (Lipinski definition) is 1. The SMILES string of the molecule is CCCCCC[C@@H]([C@H](C)O)n1ncnn1. The fourth-order valence-corrected chi connectivity index (χ4v) is 1.66. The van der Waals surface area contributed by atoms with Gasteiger partial charge >= 0.3 is 0 Å². The fraction of sp³-hybridized carbons (Fsp3) is 0.900. The van der Waals surface area contributed by atoms with Crippen LogP contribution in [0.3, 0.4) is 0 Å². The second-order valence-corrected chi connectivity index (χ2v) is 3.91. The Hall–Kier alpha value is -0.970. The molecule has 15 heavy (non-hydrogen) atoms. The van der Waals surface area contributed by atoms with E-state index < -0.39 is 6.10 Å². The molecular formula is C10H20N4O. The molecule has 1 N–H and O–H groups in total. The van der Waals surface area contributed by atoms with Gasteiger partial charge in [0.15, 0.2) is 6.33 Å². The fourth-order valence-electron chi connectivity index (χ4n) is 1.66. The molecule has 0 unspecified atom stereocenters. The topological polar surface area (TPSA) is 63.8 Å². The summed E-state index contributed by atoms with van der Waals surface area (Å²) in [5.74, 6) is 0. The Labute approximate surface area is 90.5 Å². The van der Waals surface area contributed by atoms with Gasteiger partial charge in [-0.25, -0.2) is 0 Å². The third kappa shape index (κ3) is 3.95. The first-order chi connectivity index (χ1) is 7.25. The van der Waals surface area contributed by atoms with E-state index >= 15 is 0 Å². The average Bonchev–Trinajstić information content (AvgIpc) is 2.70. The van der Waals surface area contributed by atoms with Crippen molar-refractivity contribution in [2.45, 2.75) is 58.1 Å².